The van der Waals surface area contributed by atoms with E-state index < -0.39 is 0 Å². The number of anilines is 2. The molecule has 1 amide bonds. The van der Waals surface area contributed by atoms with Crippen LogP contribution in [0.15, 0.2) is 34.4 Å². The number of thiophene rings is 1. The van der Waals surface area contributed by atoms with Gasteiger partial charge in [-0.2, -0.15) is 0 Å². The molecule has 21 heavy (non-hydrogen) atoms. The molecule has 0 aliphatic carbocycles. The summed E-state index contributed by atoms with van der Waals surface area (Å²) in [5.41, 5.74) is 3.06. The summed E-state index contributed by atoms with van der Waals surface area (Å²) in [6.07, 6.45) is 0. The largest absolute Gasteiger partial charge is 0.380 e. The highest BCUT2D eigenvalue weighted by Crippen LogP contribution is 2.24. The van der Waals surface area contributed by atoms with Crippen LogP contribution in [0.25, 0.3) is 11.0 Å². The molecule has 6 nitrogen and oxygen atoms in total. The van der Waals surface area contributed by atoms with E-state index in [1.807, 2.05) is 29.6 Å². The molecule has 1 aromatic carbocycles. The lowest BCUT2D eigenvalue weighted by Gasteiger charge is -2.07. The number of amides is 1. The van der Waals surface area contributed by atoms with Crippen LogP contribution >= 0.6 is 11.3 Å². The van der Waals surface area contributed by atoms with Gasteiger partial charge in [0.1, 0.15) is 0 Å². The third-order valence-electron chi connectivity index (χ3n) is 3.03. The Labute approximate surface area is 124 Å². The molecular formula is C14H14N4O2S. The summed E-state index contributed by atoms with van der Waals surface area (Å²) in [5, 5.41) is 8.03. The molecule has 0 unspecified atom stereocenters. The quantitative estimate of drug-likeness (QED) is 0.597. The number of aromatic amines is 2. The Kier molecular flexibility index (Phi) is 3.49. The first kappa shape index (κ1) is 13.4. The summed E-state index contributed by atoms with van der Waals surface area (Å²) in [6.45, 7) is 2.10. The van der Waals surface area contributed by atoms with Gasteiger partial charge in [-0.1, -0.05) is 0 Å². The van der Waals surface area contributed by atoms with E-state index in [2.05, 4.69) is 20.6 Å². The van der Waals surface area contributed by atoms with Gasteiger partial charge in [0.2, 0.25) is 5.91 Å². The molecule has 4 N–H and O–H groups in total. The van der Waals surface area contributed by atoms with Gasteiger partial charge in [0, 0.05) is 17.5 Å². The molecule has 0 aliphatic heterocycles. The minimum absolute atomic E-state index is 0.0824. The van der Waals surface area contributed by atoms with Crippen molar-refractivity contribution in [2.24, 2.45) is 0 Å². The lowest BCUT2D eigenvalue weighted by molar-refractivity contribution is -0.114. The van der Waals surface area contributed by atoms with Crippen LogP contribution < -0.4 is 16.3 Å². The van der Waals surface area contributed by atoms with Crippen LogP contribution in [-0.2, 0) is 11.3 Å². The predicted molar refractivity (Wildman–Crippen MR) is 84.9 cm³/mol. The van der Waals surface area contributed by atoms with Crippen molar-refractivity contribution in [3.8, 4) is 0 Å². The summed E-state index contributed by atoms with van der Waals surface area (Å²) in [5.74, 6) is -0.0824. The molecule has 2 heterocycles. The Hall–Kier alpha value is -2.54. The molecular weight excluding hydrogens is 288 g/mol. The molecule has 3 aromatic rings. The maximum Gasteiger partial charge on any atom is 0.323 e. The number of nitrogens with one attached hydrogen (secondary N) is 4. The zero-order valence-electron chi connectivity index (χ0n) is 11.3. The summed E-state index contributed by atoms with van der Waals surface area (Å²) >= 11 is 1.58. The van der Waals surface area contributed by atoms with Crippen LogP contribution in [0.4, 0.5) is 11.4 Å². The minimum Gasteiger partial charge on any atom is -0.380 e. The highest BCUT2D eigenvalue weighted by atomic mass is 32.1. The average Bonchev–Trinajstić information content (AvgIpc) is 3.00. The van der Waals surface area contributed by atoms with Crippen molar-refractivity contribution < 1.29 is 4.79 Å². The monoisotopic (exact) mass is 302 g/mol. The Morgan fingerprint density at radius 3 is 2.86 bits per heavy atom. The smallest absolute Gasteiger partial charge is 0.323 e. The topological polar surface area (TPSA) is 89.8 Å². The van der Waals surface area contributed by atoms with Crippen molar-refractivity contribution in [3.63, 3.8) is 0 Å². The predicted octanol–water partition coefficient (Wildman–Crippen LogP) is 2.49. The van der Waals surface area contributed by atoms with Gasteiger partial charge in [-0.05, 0) is 29.6 Å². The first-order valence-corrected chi connectivity index (χ1v) is 7.29. The van der Waals surface area contributed by atoms with E-state index in [1.54, 1.807) is 11.3 Å². The van der Waals surface area contributed by atoms with Gasteiger partial charge < -0.3 is 20.6 Å². The van der Waals surface area contributed by atoms with E-state index in [9.17, 15) is 9.59 Å². The fourth-order valence-electron chi connectivity index (χ4n) is 2.10. The van der Waals surface area contributed by atoms with Crippen molar-refractivity contribution in [1.29, 1.82) is 0 Å². The number of H-pyrrole nitrogens is 2. The Balaban J connectivity index is 1.75. The van der Waals surface area contributed by atoms with E-state index >= 15 is 0 Å². The van der Waals surface area contributed by atoms with Crippen LogP contribution in [0, 0.1) is 0 Å². The number of fused-ring (bicyclic) bond motifs is 1. The molecule has 2 aromatic heterocycles. The van der Waals surface area contributed by atoms with E-state index in [-0.39, 0.29) is 11.6 Å². The van der Waals surface area contributed by atoms with E-state index in [4.69, 9.17) is 0 Å². The highest BCUT2D eigenvalue weighted by molar-refractivity contribution is 7.10. The number of hydrogen-bond acceptors (Lipinski definition) is 4. The first-order valence-electron chi connectivity index (χ1n) is 6.42. The number of hydrogen-bond donors (Lipinski definition) is 4. The zero-order valence-corrected chi connectivity index (χ0v) is 12.1. The second kappa shape index (κ2) is 5.45. The number of imidazole rings is 1. The molecule has 0 bridgehead atoms. The van der Waals surface area contributed by atoms with Gasteiger partial charge in [-0.15, -0.1) is 11.3 Å². The SMILES string of the molecule is CC(=O)Nc1ccsc1CNc1ccc2[nH]c(=O)[nH]c2c1. The Bertz CT molecular complexity index is 846. The second-order valence-electron chi connectivity index (χ2n) is 4.63. The number of carbonyl (C=O) groups is 1. The molecule has 0 atom stereocenters. The fraction of sp³-hybridized carbons (Fsp3) is 0.143. The van der Waals surface area contributed by atoms with Gasteiger partial charge in [-0.25, -0.2) is 4.79 Å². The molecule has 0 aliphatic rings. The standard InChI is InChI=1S/C14H14N4O2S/c1-8(19)16-11-4-5-21-13(11)7-15-9-2-3-10-12(6-9)18-14(20)17-10/h2-6,15H,7H2,1H3,(H,16,19)(H2,17,18,20). The van der Waals surface area contributed by atoms with E-state index in [1.165, 1.54) is 6.92 Å². The normalized spacial score (nSPS) is 10.7. The maximum absolute atomic E-state index is 11.2. The van der Waals surface area contributed by atoms with Gasteiger partial charge in [-0.3, -0.25) is 4.79 Å². The van der Waals surface area contributed by atoms with Crippen LogP contribution in [-0.4, -0.2) is 15.9 Å². The van der Waals surface area contributed by atoms with Gasteiger partial charge in [0.15, 0.2) is 0 Å². The molecule has 108 valence electrons. The molecule has 0 radical (unpaired) electrons. The van der Waals surface area contributed by atoms with Crippen LogP contribution in [0.3, 0.4) is 0 Å². The summed E-state index contributed by atoms with van der Waals surface area (Å²) in [6, 6.07) is 7.51. The molecule has 0 saturated carbocycles. The number of benzene rings is 1. The number of rotatable bonds is 4. The van der Waals surface area contributed by atoms with Gasteiger partial charge >= 0.3 is 5.69 Å². The minimum atomic E-state index is -0.214. The Morgan fingerprint density at radius 1 is 1.24 bits per heavy atom. The molecule has 0 spiro atoms. The van der Waals surface area contributed by atoms with E-state index in [0.717, 1.165) is 27.3 Å². The second-order valence-corrected chi connectivity index (χ2v) is 5.63. The third kappa shape index (κ3) is 2.97. The Morgan fingerprint density at radius 2 is 2.05 bits per heavy atom. The van der Waals surface area contributed by atoms with Crippen molar-refractivity contribution in [3.05, 3.63) is 45.0 Å². The number of aromatic nitrogens is 2. The molecule has 3 rings (SSSR count). The van der Waals surface area contributed by atoms with Crippen LogP contribution in [0.2, 0.25) is 0 Å². The summed E-state index contributed by atoms with van der Waals surface area (Å²) in [4.78, 5) is 28.8. The zero-order chi connectivity index (χ0) is 14.8. The van der Waals surface area contributed by atoms with Crippen LogP contribution in [0.5, 0.6) is 0 Å². The summed E-state index contributed by atoms with van der Waals surface area (Å²) in [7, 11) is 0. The van der Waals surface area contributed by atoms with Gasteiger partial charge in [0.05, 0.1) is 23.3 Å². The average molecular weight is 302 g/mol. The van der Waals surface area contributed by atoms with Crippen LogP contribution in [0.1, 0.15) is 11.8 Å². The lowest BCUT2D eigenvalue weighted by atomic mass is 10.2. The first-order chi connectivity index (χ1) is 10.1. The van der Waals surface area contributed by atoms with Crippen molar-refractivity contribution >= 4 is 39.7 Å². The fourth-order valence-corrected chi connectivity index (χ4v) is 2.87. The molecule has 7 heteroatoms. The third-order valence-corrected chi connectivity index (χ3v) is 3.95. The molecule has 0 fully saturated rings. The maximum atomic E-state index is 11.2. The van der Waals surface area contributed by atoms with Crippen molar-refractivity contribution in [2.75, 3.05) is 10.6 Å². The number of carbonyl (C=O) groups excluding carboxylic acids is 1. The highest BCUT2D eigenvalue weighted by Gasteiger charge is 2.06. The van der Waals surface area contributed by atoms with Gasteiger partial charge in [0.25, 0.3) is 0 Å². The summed E-state index contributed by atoms with van der Waals surface area (Å²) < 4.78 is 0. The van der Waals surface area contributed by atoms with E-state index in [0.29, 0.717) is 6.54 Å². The lowest BCUT2D eigenvalue weighted by Crippen LogP contribution is -2.08. The molecule has 0 saturated heterocycles. The van der Waals surface area contributed by atoms with Crippen molar-refractivity contribution in [1.82, 2.24) is 9.97 Å². The van der Waals surface area contributed by atoms with Crippen molar-refractivity contribution in [2.45, 2.75) is 13.5 Å².